The van der Waals surface area contributed by atoms with E-state index < -0.39 is 0 Å². The molecule has 0 aliphatic carbocycles. The van der Waals surface area contributed by atoms with Gasteiger partial charge < -0.3 is 4.74 Å². The number of hydrogen-bond donors (Lipinski definition) is 0. The molecular weight excluding hydrogens is 448 g/mol. The molecule has 4 nitrogen and oxygen atoms in total. The summed E-state index contributed by atoms with van der Waals surface area (Å²) in [5.41, 5.74) is 1.69. The molecule has 1 aliphatic heterocycles. The number of thioether (sulfide) groups is 1. The lowest BCUT2D eigenvalue weighted by molar-refractivity contribution is -0.122. The first-order valence-electron chi connectivity index (χ1n) is 8.41. The molecule has 0 bridgehead atoms. The van der Waals surface area contributed by atoms with Gasteiger partial charge in [0.2, 0.25) is 0 Å². The van der Waals surface area contributed by atoms with Gasteiger partial charge in [0.1, 0.15) is 5.75 Å². The van der Waals surface area contributed by atoms with Gasteiger partial charge in [-0.2, -0.15) is 0 Å². The summed E-state index contributed by atoms with van der Waals surface area (Å²) >= 11 is 10.8. The Morgan fingerprint density at radius 1 is 1.26 bits per heavy atom. The fourth-order valence-electron chi connectivity index (χ4n) is 2.56. The molecule has 27 heavy (non-hydrogen) atoms. The Kier molecular flexibility index (Phi) is 6.63. The van der Waals surface area contributed by atoms with Crippen molar-refractivity contribution >= 4 is 62.1 Å². The van der Waals surface area contributed by atoms with E-state index in [9.17, 15) is 4.79 Å². The van der Waals surface area contributed by atoms with Crippen LogP contribution >= 0.6 is 39.3 Å². The summed E-state index contributed by atoms with van der Waals surface area (Å²) in [6.45, 7) is 2.67. The number of hydrogen-bond acceptors (Lipinski definition) is 4. The van der Waals surface area contributed by atoms with Crippen molar-refractivity contribution in [3.8, 4) is 5.75 Å². The molecule has 2 aromatic carbocycles. The Morgan fingerprint density at radius 3 is 2.63 bits per heavy atom. The minimum absolute atomic E-state index is 0.0264. The first kappa shape index (κ1) is 20.0. The van der Waals surface area contributed by atoms with Crippen molar-refractivity contribution in [1.82, 2.24) is 4.90 Å². The lowest BCUT2D eigenvalue weighted by Crippen LogP contribution is -2.29. The van der Waals surface area contributed by atoms with Crippen LogP contribution in [0.25, 0.3) is 6.08 Å². The molecule has 0 spiro atoms. The smallest absolute Gasteiger partial charge is 0.266 e. The summed E-state index contributed by atoms with van der Waals surface area (Å²) in [5, 5.41) is 1.34. The van der Waals surface area contributed by atoms with Gasteiger partial charge in [-0.05, 0) is 82.2 Å². The van der Waals surface area contributed by atoms with Gasteiger partial charge in [-0.25, -0.2) is 4.99 Å². The maximum absolute atomic E-state index is 12.9. The number of carbonyl (C=O) groups excluding carboxylic acids is 1. The molecule has 1 heterocycles. The second kappa shape index (κ2) is 8.95. The first-order valence-corrected chi connectivity index (χ1v) is 10.4. The van der Waals surface area contributed by atoms with Crippen LogP contribution in [0, 0.1) is 0 Å². The molecule has 0 unspecified atom stereocenters. The second-order valence-corrected chi connectivity index (χ2v) is 8.13. The van der Waals surface area contributed by atoms with Crippen molar-refractivity contribution < 1.29 is 9.53 Å². The van der Waals surface area contributed by atoms with Gasteiger partial charge in [-0.15, -0.1) is 0 Å². The summed E-state index contributed by atoms with van der Waals surface area (Å²) in [4.78, 5) is 19.9. The average molecular weight is 466 g/mol. The van der Waals surface area contributed by atoms with Crippen LogP contribution in [0.4, 0.5) is 5.69 Å². The molecule has 0 saturated carbocycles. The van der Waals surface area contributed by atoms with Crippen LogP contribution in [0.2, 0.25) is 5.02 Å². The third-order valence-corrected chi connectivity index (χ3v) is 5.74. The number of aliphatic imine (C=N–C) groups is 1. The van der Waals surface area contributed by atoms with Crippen LogP contribution in [0.1, 0.15) is 18.9 Å². The Bertz CT molecular complexity index is 913. The Morgan fingerprint density at radius 2 is 2.00 bits per heavy atom. The molecule has 7 heteroatoms. The molecular formula is C20H18BrClN2O2S. The molecule has 0 radical (unpaired) electrons. The fraction of sp³-hybridized carbons (Fsp3) is 0.200. The highest BCUT2D eigenvalue weighted by atomic mass is 79.9. The maximum Gasteiger partial charge on any atom is 0.266 e. The molecule has 140 valence electrons. The van der Waals surface area contributed by atoms with Crippen molar-refractivity contribution in [3.05, 3.63) is 62.4 Å². The predicted molar refractivity (Wildman–Crippen MR) is 117 cm³/mol. The number of amidine groups is 1. The molecule has 0 atom stereocenters. The van der Waals surface area contributed by atoms with E-state index in [0.29, 0.717) is 21.6 Å². The fourth-order valence-corrected chi connectivity index (χ4v) is 4.27. The highest BCUT2D eigenvalue weighted by molar-refractivity contribution is 9.10. The van der Waals surface area contributed by atoms with Gasteiger partial charge in [-0.1, -0.05) is 24.6 Å². The van der Waals surface area contributed by atoms with Gasteiger partial charge in [0, 0.05) is 11.6 Å². The first-order chi connectivity index (χ1) is 13.0. The summed E-state index contributed by atoms with van der Waals surface area (Å²) < 4.78 is 6.10. The zero-order valence-corrected chi connectivity index (χ0v) is 18.1. The van der Waals surface area contributed by atoms with Crippen molar-refractivity contribution in [3.63, 3.8) is 0 Å². The van der Waals surface area contributed by atoms with E-state index >= 15 is 0 Å². The zero-order chi connectivity index (χ0) is 19.4. The zero-order valence-electron chi connectivity index (χ0n) is 14.9. The predicted octanol–water partition coefficient (Wildman–Crippen LogP) is 6.13. The Hall–Kier alpha value is -1.76. The normalized spacial score (nSPS) is 17.2. The monoisotopic (exact) mass is 464 g/mol. The number of ether oxygens (including phenoxy) is 1. The largest absolute Gasteiger partial charge is 0.496 e. The van der Waals surface area contributed by atoms with E-state index in [0.717, 1.165) is 27.9 Å². The molecule has 1 saturated heterocycles. The van der Waals surface area contributed by atoms with Crippen LogP contribution in [-0.2, 0) is 4.79 Å². The molecule has 3 rings (SSSR count). The molecule has 0 N–H and O–H groups in total. The standard InChI is InChI=1S/C20H18BrClN2O2S/c1-3-10-24-19(25)18(12-13-4-9-17(26-2)16(21)11-13)27-20(24)23-15-7-5-14(22)6-8-15/h4-9,11-12H,3,10H2,1-2H3/b18-12-,23-20?. The van der Waals surface area contributed by atoms with Crippen LogP contribution in [-0.4, -0.2) is 29.6 Å². The van der Waals surface area contributed by atoms with E-state index in [1.165, 1.54) is 11.8 Å². The molecule has 0 aromatic heterocycles. The van der Waals surface area contributed by atoms with Gasteiger partial charge in [-0.3, -0.25) is 9.69 Å². The number of halogens is 2. The second-order valence-electron chi connectivity index (χ2n) is 5.83. The third kappa shape index (κ3) is 4.75. The van der Waals surface area contributed by atoms with Crippen LogP contribution in [0.5, 0.6) is 5.75 Å². The number of carbonyl (C=O) groups is 1. The lowest BCUT2D eigenvalue weighted by atomic mass is 10.2. The lowest BCUT2D eigenvalue weighted by Gasteiger charge is -2.13. The third-order valence-electron chi connectivity index (χ3n) is 3.86. The Labute approximate surface area is 176 Å². The summed E-state index contributed by atoms with van der Waals surface area (Å²) in [7, 11) is 1.62. The summed E-state index contributed by atoms with van der Waals surface area (Å²) in [5.74, 6) is 0.724. The number of amides is 1. The van der Waals surface area contributed by atoms with Crippen molar-refractivity contribution in [2.24, 2.45) is 4.99 Å². The quantitative estimate of drug-likeness (QED) is 0.499. The van der Waals surface area contributed by atoms with Crippen LogP contribution < -0.4 is 4.74 Å². The van der Waals surface area contributed by atoms with Gasteiger partial charge >= 0.3 is 0 Å². The van der Waals surface area contributed by atoms with E-state index in [4.69, 9.17) is 16.3 Å². The number of benzene rings is 2. The van der Waals surface area contributed by atoms with Crippen molar-refractivity contribution in [2.45, 2.75) is 13.3 Å². The minimum atomic E-state index is -0.0264. The Balaban J connectivity index is 1.92. The van der Waals surface area contributed by atoms with Gasteiger partial charge in [0.05, 0.1) is 22.2 Å². The van der Waals surface area contributed by atoms with Gasteiger partial charge in [0.25, 0.3) is 5.91 Å². The van der Waals surface area contributed by atoms with Crippen LogP contribution in [0.3, 0.4) is 0 Å². The number of nitrogens with zero attached hydrogens (tertiary/aromatic N) is 2. The molecule has 1 aliphatic rings. The number of rotatable bonds is 5. The average Bonchev–Trinajstić information content (AvgIpc) is 2.93. The summed E-state index contributed by atoms with van der Waals surface area (Å²) in [6.07, 6.45) is 2.73. The van der Waals surface area contributed by atoms with Gasteiger partial charge in [0.15, 0.2) is 5.17 Å². The molecule has 2 aromatic rings. The van der Waals surface area contributed by atoms with Crippen molar-refractivity contribution in [1.29, 1.82) is 0 Å². The maximum atomic E-state index is 12.9. The molecule has 1 amide bonds. The van der Waals surface area contributed by atoms with Crippen LogP contribution in [0.15, 0.2) is 56.8 Å². The van der Waals surface area contributed by atoms with Crippen molar-refractivity contribution in [2.75, 3.05) is 13.7 Å². The number of methoxy groups -OCH3 is 1. The molecule has 1 fully saturated rings. The van der Waals surface area contributed by atoms with E-state index in [-0.39, 0.29) is 5.91 Å². The highest BCUT2D eigenvalue weighted by Crippen LogP contribution is 2.35. The van der Waals surface area contributed by atoms with E-state index in [2.05, 4.69) is 20.9 Å². The van der Waals surface area contributed by atoms with E-state index in [1.54, 1.807) is 24.1 Å². The highest BCUT2D eigenvalue weighted by Gasteiger charge is 2.32. The minimum Gasteiger partial charge on any atom is -0.496 e. The topological polar surface area (TPSA) is 41.9 Å². The summed E-state index contributed by atoms with van der Waals surface area (Å²) in [6, 6.07) is 13.0. The van der Waals surface area contributed by atoms with E-state index in [1.807, 2.05) is 43.3 Å². The SMILES string of the molecule is CCCN1C(=O)/C(=C/c2ccc(OC)c(Br)c2)SC1=Nc1ccc(Cl)cc1.